The molecule has 0 aromatic rings. The molecule has 14 heavy (non-hydrogen) atoms. The van der Waals surface area contributed by atoms with E-state index in [1.54, 1.807) is 0 Å². The van der Waals surface area contributed by atoms with E-state index >= 15 is 0 Å². The van der Waals surface area contributed by atoms with Gasteiger partial charge in [-0.15, -0.1) is 0 Å². The van der Waals surface area contributed by atoms with Crippen LogP contribution >= 0.6 is 0 Å². The highest BCUT2D eigenvalue weighted by molar-refractivity contribution is 4.75. The zero-order valence-electron chi connectivity index (χ0n) is 10.8. The molecule has 86 valence electrons. The van der Waals surface area contributed by atoms with E-state index in [1.165, 1.54) is 32.1 Å². The van der Waals surface area contributed by atoms with E-state index in [2.05, 4.69) is 40.1 Å². The lowest BCUT2D eigenvalue weighted by Gasteiger charge is -2.30. The molecule has 0 radical (unpaired) electrons. The molecule has 1 unspecified atom stereocenters. The van der Waals surface area contributed by atoms with Gasteiger partial charge in [0, 0.05) is 0 Å². The minimum Gasteiger partial charge on any atom is -0.319 e. The van der Waals surface area contributed by atoms with Crippen LogP contribution in [0.1, 0.15) is 59.8 Å². The first kappa shape index (κ1) is 14.0. The Morgan fingerprint density at radius 1 is 1.07 bits per heavy atom. The van der Waals surface area contributed by atoms with Crippen molar-refractivity contribution >= 4 is 0 Å². The second-order valence-electron chi connectivity index (χ2n) is 5.47. The molecule has 0 aliphatic heterocycles. The molecular formula is C13H29N. The third-order valence-electron chi connectivity index (χ3n) is 3.08. The fourth-order valence-electron chi connectivity index (χ4n) is 1.91. The van der Waals surface area contributed by atoms with Crippen LogP contribution in [0.4, 0.5) is 0 Å². The summed E-state index contributed by atoms with van der Waals surface area (Å²) in [5, 5.41) is 3.32. The first-order valence-electron chi connectivity index (χ1n) is 6.17. The summed E-state index contributed by atoms with van der Waals surface area (Å²) in [5.41, 5.74) is 0.454. The summed E-state index contributed by atoms with van der Waals surface area (Å²) in [7, 11) is 2.06. The van der Waals surface area contributed by atoms with Gasteiger partial charge in [0.05, 0.1) is 0 Å². The maximum absolute atomic E-state index is 3.32. The minimum absolute atomic E-state index is 0.454. The number of hydrogen-bond donors (Lipinski definition) is 1. The summed E-state index contributed by atoms with van der Waals surface area (Å²) in [6, 6.07) is 0. The van der Waals surface area contributed by atoms with Gasteiger partial charge in [-0.1, -0.05) is 53.4 Å². The average Bonchev–Trinajstić information content (AvgIpc) is 2.08. The first-order chi connectivity index (χ1) is 6.52. The summed E-state index contributed by atoms with van der Waals surface area (Å²) in [6.07, 6.45) is 6.93. The van der Waals surface area contributed by atoms with Crippen LogP contribution in [0, 0.1) is 11.3 Å². The average molecular weight is 199 g/mol. The minimum atomic E-state index is 0.454. The van der Waals surface area contributed by atoms with Crippen molar-refractivity contribution in [2.45, 2.75) is 59.8 Å². The van der Waals surface area contributed by atoms with Crippen molar-refractivity contribution in [1.82, 2.24) is 5.32 Å². The van der Waals surface area contributed by atoms with Crippen LogP contribution in [0.3, 0.4) is 0 Å². The van der Waals surface area contributed by atoms with Crippen LogP contribution < -0.4 is 5.32 Å². The summed E-state index contributed by atoms with van der Waals surface area (Å²) < 4.78 is 0. The molecule has 0 aromatic heterocycles. The van der Waals surface area contributed by atoms with Gasteiger partial charge in [-0.25, -0.2) is 0 Å². The second kappa shape index (κ2) is 7.28. The van der Waals surface area contributed by atoms with Crippen LogP contribution in [0.5, 0.6) is 0 Å². The van der Waals surface area contributed by atoms with E-state index in [0.717, 1.165) is 12.5 Å². The van der Waals surface area contributed by atoms with E-state index in [1.807, 2.05) is 0 Å². The molecular weight excluding hydrogens is 170 g/mol. The Labute approximate surface area is 90.7 Å². The zero-order chi connectivity index (χ0) is 11.0. The van der Waals surface area contributed by atoms with Crippen LogP contribution in [-0.4, -0.2) is 13.6 Å². The predicted molar refractivity (Wildman–Crippen MR) is 65.6 cm³/mol. The summed E-state index contributed by atoms with van der Waals surface area (Å²) in [6.45, 7) is 10.5. The molecule has 1 heteroatoms. The van der Waals surface area contributed by atoms with Gasteiger partial charge >= 0.3 is 0 Å². The molecule has 0 bridgehead atoms. The lowest BCUT2D eigenvalue weighted by Crippen LogP contribution is -2.30. The fourth-order valence-corrected chi connectivity index (χ4v) is 1.91. The largest absolute Gasteiger partial charge is 0.319 e. The molecule has 0 saturated carbocycles. The maximum atomic E-state index is 3.32. The van der Waals surface area contributed by atoms with Gasteiger partial charge in [-0.2, -0.15) is 0 Å². The smallest absolute Gasteiger partial charge is 0.00185 e. The van der Waals surface area contributed by atoms with Gasteiger partial charge in [0.15, 0.2) is 0 Å². The molecule has 1 atom stereocenters. The van der Waals surface area contributed by atoms with Gasteiger partial charge in [0.2, 0.25) is 0 Å². The Morgan fingerprint density at radius 3 is 2.14 bits per heavy atom. The van der Waals surface area contributed by atoms with Crippen LogP contribution in [0.2, 0.25) is 0 Å². The molecule has 0 aliphatic rings. The Hall–Kier alpha value is -0.0400. The Balaban J connectivity index is 3.74. The van der Waals surface area contributed by atoms with Gasteiger partial charge in [-0.3, -0.25) is 0 Å². The maximum Gasteiger partial charge on any atom is -0.00185 e. The van der Waals surface area contributed by atoms with Gasteiger partial charge in [-0.05, 0) is 31.3 Å². The van der Waals surface area contributed by atoms with Gasteiger partial charge in [0.25, 0.3) is 0 Å². The van der Waals surface area contributed by atoms with E-state index in [-0.39, 0.29) is 0 Å². The third-order valence-corrected chi connectivity index (χ3v) is 3.08. The summed E-state index contributed by atoms with van der Waals surface area (Å²) in [5.74, 6) is 0.823. The van der Waals surface area contributed by atoms with E-state index in [0.29, 0.717) is 5.41 Å². The van der Waals surface area contributed by atoms with Crippen LogP contribution in [-0.2, 0) is 0 Å². The standard InChI is InChI=1S/C13H29N/c1-6-7-8-9-10-12(11-14-5)13(2,3)4/h12,14H,6-11H2,1-5H3. The van der Waals surface area contributed by atoms with Crippen molar-refractivity contribution in [2.75, 3.05) is 13.6 Å². The number of nitrogens with one attached hydrogen (secondary N) is 1. The van der Waals surface area contributed by atoms with Gasteiger partial charge < -0.3 is 5.32 Å². The zero-order valence-corrected chi connectivity index (χ0v) is 10.8. The Kier molecular flexibility index (Phi) is 7.26. The topological polar surface area (TPSA) is 12.0 Å². The highest BCUT2D eigenvalue weighted by Gasteiger charge is 2.22. The normalized spacial score (nSPS) is 14.4. The number of hydrogen-bond acceptors (Lipinski definition) is 1. The van der Waals surface area contributed by atoms with Crippen molar-refractivity contribution in [3.8, 4) is 0 Å². The van der Waals surface area contributed by atoms with Crippen molar-refractivity contribution in [3.63, 3.8) is 0 Å². The third kappa shape index (κ3) is 6.42. The summed E-state index contributed by atoms with van der Waals surface area (Å²) >= 11 is 0. The van der Waals surface area contributed by atoms with Crippen molar-refractivity contribution in [2.24, 2.45) is 11.3 Å². The molecule has 0 saturated heterocycles. The molecule has 0 rings (SSSR count). The molecule has 1 N–H and O–H groups in total. The van der Waals surface area contributed by atoms with Crippen molar-refractivity contribution in [3.05, 3.63) is 0 Å². The van der Waals surface area contributed by atoms with Gasteiger partial charge in [0.1, 0.15) is 0 Å². The lowest BCUT2D eigenvalue weighted by molar-refractivity contribution is 0.217. The highest BCUT2D eigenvalue weighted by Crippen LogP contribution is 2.29. The Bertz CT molecular complexity index is 124. The van der Waals surface area contributed by atoms with E-state index in [4.69, 9.17) is 0 Å². The number of unbranched alkanes of at least 4 members (excludes halogenated alkanes) is 3. The molecule has 0 heterocycles. The highest BCUT2D eigenvalue weighted by atomic mass is 14.8. The van der Waals surface area contributed by atoms with E-state index < -0.39 is 0 Å². The molecule has 0 spiro atoms. The predicted octanol–water partition coefficient (Wildman–Crippen LogP) is 3.84. The Morgan fingerprint density at radius 2 is 1.71 bits per heavy atom. The molecule has 0 aliphatic carbocycles. The summed E-state index contributed by atoms with van der Waals surface area (Å²) in [4.78, 5) is 0. The quantitative estimate of drug-likeness (QED) is 0.614. The molecule has 0 aromatic carbocycles. The molecule has 1 nitrogen and oxygen atoms in total. The number of rotatable bonds is 7. The fraction of sp³-hybridized carbons (Fsp3) is 1.00. The second-order valence-corrected chi connectivity index (χ2v) is 5.47. The van der Waals surface area contributed by atoms with Crippen molar-refractivity contribution < 1.29 is 0 Å². The van der Waals surface area contributed by atoms with E-state index in [9.17, 15) is 0 Å². The van der Waals surface area contributed by atoms with Crippen LogP contribution in [0.15, 0.2) is 0 Å². The lowest BCUT2D eigenvalue weighted by atomic mass is 9.77. The van der Waals surface area contributed by atoms with Crippen molar-refractivity contribution in [1.29, 1.82) is 0 Å². The van der Waals surface area contributed by atoms with Crippen LogP contribution in [0.25, 0.3) is 0 Å². The molecule has 0 fully saturated rings. The monoisotopic (exact) mass is 199 g/mol. The SMILES string of the molecule is CCCCCCC(CNC)C(C)(C)C. The first-order valence-corrected chi connectivity index (χ1v) is 6.17. The molecule has 0 amide bonds.